The van der Waals surface area contributed by atoms with Crippen LogP contribution in [-0.4, -0.2) is 30.6 Å². The molecule has 23 heavy (non-hydrogen) atoms. The van der Waals surface area contributed by atoms with Crippen molar-refractivity contribution in [2.45, 2.75) is 6.92 Å². The highest BCUT2D eigenvalue weighted by molar-refractivity contribution is 6.06. The van der Waals surface area contributed by atoms with Crippen molar-refractivity contribution < 1.29 is 14.3 Å². The van der Waals surface area contributed by atoms with Gasteiger partial charge in [-0.15, -0.1) is 0 Å². The zero-order valence-electron chi connectivity index (χ0n) is 12.9. The first-order valence-corrected chi connectivity index (χ1v) is 7.12. The van der Waals surface area contributed by atoms with Crippen LogP contribution < -0.4 is 20.7 Å². The normalized spacial score (nSPS) is 9.83. The second kappa shape index (κ2) is 7.79. The molecular formula is C16H18N4O3. The van der Waals surface area contributed by atoms with Gasteiger partial charge in [-0.2, -0.15) is 0 Å². The van der Waals surface area contributed by atoms with E-state index in [0.29, 0.717) is 23.5 Å². The number of rotatable bonds is 5. The molecule has 0 aliphatic rings. The number of pyridine rings is 1. The minimum absolute atomic E-state index is 0.284. The van der Waals surface area contributed by atoms with Gasteiger partial charge >= 0.3 is 6.03 Å². The molecule has 0 unspecified atom stereocenters. The summed E-state index contributed by atoms with van der Waals surface area (Å²) in [6.45, 7) is 2.24. The quantitative estimate of drug-likeness (QED) is 0.790. The third kappa shape index (κ3) is 4.44. The van der Waals surface area contributed by atoms with E-state index in [4.69, 9.17) is 4.74 Å². The van der Waals surface area contributed by atoms with E-state index in [2.05, 4.69) is 20.9 Å². The van der Waals surface area contributed by atoms with Crippen LogP contribution in [0, 0.1) is 0 Å². The number of anilines is 2. The van der Waals surface area contributed by atoms with Crippen molar-refractivity contribution in [3.63, 3.8) is 0 Å². The highest BCUT2D eigenvalue weighted by atomic mass is 16.5. The number of hydrogen-bond acceptors (Lipinski definition) is 4. The van der Waals surface area contributed by atoms with Crippen LogP contribution in [0.1, 0.15) is 17.3 Å². The molecule has 2 rings (SSSR count). The first kappa shape index (κ1) is 16.3. The number of benzene rings is 1. The molecule has 0 aliphatic heterocycles. The summed E-state index contributed by atoms with van der Waals surface area (Å²) in [5, 5.41) is 7.86. The van der Waals surface area contributed by atoms with Gasteiger partial charge < -0.3 is 20.7 Å². The van der Waals surface area contributed by atoms with Crippen LogP contribution in [0.15, 0.2) is 42.6 Å². The van der Waals surface area contributed by atoms with Crippen molar-refractivity contribution in [2.24, 2.45) is 0 Å². The summed E-state index contributed by atoms with van der Waals surface area (Å²) in [5.41, 5.74) is 1.47. The molecule has 0 fully saturated rings. The van der Waals surface area contributed by atoms with Crippen LogP contribution in [0.5, 0.6) is 5.88 Å². The Labute approximate surface area is 134 Å². The number of carbonyl (C=O) groups is 2. The van der Waals surface area contributed by atoms with Gasteiger partial charge in [0.2, 0.25) is 5.88 Å². The number of carbonyl (C=O) groups excluding carboxylic acids is 2. The molecule has 0 spiro atoms. The second-order valence-electron chi connectivity index (χ2n) is 4.53. The lowest BCUT2D eigenvalue weighted by Crippen LogP contribution is -2.24. The third-order valence-corrected chi connectivity index (χ3v) is 2.90. The maximum Gasteiger partial charge on any atom is 0.318 e. The molecule has 3 N–H and O–H groups in total. The topological polar surface area (TPSA) is 92.3 Å². The van der Waals surface area contributed by atoms with Gasteiger partial charge in [0.1, 0.15) is 5.56 Å². The van der Waals surface area contributed by atoms with E-state index >= 15 is 0 Å². The molecule has 0 atom stereocenters. The summed E-state index contributed by atoms with van der Waals surface area (Å²) >= 11 is 0. The molecule has 7 heteroatoms. The smallest absolute Gasteiger partial charge is 0.318 e. The summed E-state index contributed by atoms with van der Waals surface area (Å²) < 4.78 is 5.35. The van der Waals surface area contributed by atoms with Gasteiger partial charge in [-0.1, -0.05) is 6.07 Å². The molecule has 3 amide bonds. The fourth-order valence-electron chi connectivity index (χ4n) is 1.88. The van der Waals surface area contributed by atoms with Crippen molar-refractivity contribution >= 4 is 23.3 Å². The molecule has 1 aromatic carbocycles. The van der Waals surface area contributed by atoms with E-state index in [-0.39, 0.29) is 17.8 Å². The molecule has 7 nitrogen and oxygen atoms in total. The highest BCUT2D eigenvalue weighted by Gasteiger charge is 2.13. The Morgan fingerprint density at radius 3 is 2.57 bits per heavy atom. The zero-order valence-corrected chi connectivity index (χ0v) is 12.9. The van der Waals surface area contributed by atoms with Gasteiger partial charge in [-0.3, -0.25) is 4.79 Å². The van der Waals surface area contributed by atoms with Gasteiger partial charge in [0, 0.05) is 24.6 Å². The van der Waals surface area contributed by atoms with Gasteiger partial charge in [-0.25, -0.2) is 9.78 Å². The van der Waals surface area contributed by atoms with Crippen LogP contribution in [0.2, 0.25) is 0 Å². The lowest BCUT2D eigenvalue weighted by molar-refractivity contribution is 0.102. The van der Waals surface area contributed by atoms with Crippen molar-refractivity contribution in [1.29, 1.82) is 0 Å². The largest absolute Gasteiger partial charge is 0.477 e. The van der Waals surface area contributed by atoms with Crippen LogP contribution >= 0.6 is 0 Å². The molecule has 0 saturated heterocycles. The predicted molar refractivity (Wildman–Crippen MR) is 87.9 cm³/mol. The van der Waals surface area contributed by atoms with E-state index in [1.165, 1.54) is 7.05 Å². The maximum absolute atomic E-state index is 12.4. The molecule has 0 saturated carbocycles. The van der Waals surface area contributed by atoms with Gasteiger partial charge in [0.05, 0.1) is 6.61 Å². The Bertz CT molecular complexity index is 703. The predicted octanol–water partition coefficient (Wildman–Crippen LogP) is 2.48. The molecule has 120 valence electrons. The average Bonchev–Trinajstić information content (AvgIpc) is 2.56. The van der Waals surface area contributed by atoms with Crippen LogP contribution in [-0.2, 0) is 0 Å². The van der Waals surface area contributed by atoms with Crippen molar-refractivity contribution in [3.8, 4) is 5.88 Å². The minimum atomic E-state index is -0.335. The number of urea groups is 1. The van der Waals surface area contributed by atoms with Crippen molar-refractivity contribution in [2.75, 3.05) is 24.3 Å². The van der Waals surface area contributed by atoms with Crippen LogP contribution in [0.4, 0.5) is 16.2 Å². The molecule has 0 aliphatic carbocycles. The first-order chi connectivity index (χ1) is 11.1. The fraction of sp³-hybridized carbons (Fsp3) is 0.188. The van der Waals surface area contributed by atoms with Gasteiger partial charge in [-0.05, 0) is 37.3 Å². The Morgan fingerprint density at radius 1 is 1.13 bits per heavy atom. The van der Waals surface area contributed by atoms with Crippen LogP contribution in [0.3, 0.4) is 0 Å². The van der Waals surface area contributed by atoms with E-state index < -0.39 is 0 Å². The van der Waals surface area contributed by atoms with Gasteiger partial charge in [0.15, 0.2) is 0 Å². The average molecular weight is 314 g/mol. The SMILES string of the molecule is CCOc1ncccc1C(=O)Nc1cccc(NC(=O)NC)c1. The molecule has 2 aromatic rings. The van der Waals surface area contributed by atoms with Crippen LogP contribution in [0.25, 0.3) is 0 Å². The molecule has 0 bridgehead atoms. The summed E-state index contributed by atoms with van der Waals surface area (Å²) in [5.74, 6) is -0.0502. The molecule has 1 heterocycles. The summed E-state index contributed by atoms with van der Waals surface area (Å²) in [6.07, 6.45) is 1.57. The second-order valence-corrected chi connectivity index (χ2v) is 4.53. The molecule has 1 aromatic heterocycles. The summed E-state index contributed by atoms with van der Waals surface area (Å²) in [7, 11) is 1.53. The Hall–Kier alpha value is -3.09. The monoisotopic (exact) mass is 314 g/mol. The fourth-order valence-corrected chi connectivity index (χ4v) is 1.88. The summed E-state index contributed by atoms with van der Waals surface area (Å²) in [6, 6.07) is 9.81. The van der Waals surface area contributed by atoms with E-state index in [9.17, 15) is 9.59 Å². The van der Waals surface area contributed by atoms with E-state index in [1.807, 2.05) is 6.92 Å². The first-order valence-electron chi connectivity index (χ1n) is 7.12. The maximum atomic E-state index is 12.4. The minimum Gasteiger partial charge on any atom is -0.477 e. The van der Waals surface area contributed by atoms with Gasteiger partial charge in [0.25, 0.3) is 5.91 Å². The number of aromatic nitrogens is 1. The number of nitrogens with one attached hydrogen (secondary N) is 3. The number of nitrogens with zero attached hydrogens (tertiary/aromatic N) is 1. The van der Waals surface area contributed by atoms with Crippen molar-refractivity contribution in [1.82, 2.24) is 10.3 Å². The van der Waals surface area contributed by atoms with E-state index in [1.54, 1.807) is 42.6 Å². The number of hydrogen-bond donors (Lipinski definition) is 3. The standard InChI is InChI=1S/C16H18N4O3/c1-3-23-15-13(8-5-9-18-15)14(21)19-11-6-4-7-12(10-11)20-16(22)17-2/h4-10H,3H2,1-2H3,(H,19,21)(H2,17,20,22). The Balaban J connectivity index is 2.14. The third-order valence-electron chi connectivity index (χ3n) is 2.90. The molecule has 0 radical (unpaired) electrons. The summed E-state index contributed by atoms with van der Waals surface area (Å²) in [4.78, 5) is 27.7. The number of ether oxygens (including phenoxy) is 1. The lowest BCUT2D eigenvalue weighted by Gasteiger charge is -2.10. The highest BCUT2D eigenvalue weighted by Crippen LogP contribution is 2.19. The number of amides is 3. The Morgan fingerprint density at radius 2 is 1.87 bits per heavy atom. The zero-order chi connectivity index (χ0) is 16.7. The lowest BCUT2D eigenvalue weighted by atomic mass is 10.2. The Kier molecular flexibility index (Phi) is 5.51. The molecular weight excluding hydrogens is 296 g/mol. The van der Waals surface area contributed by atoms with E-state index in [0.717, 1.165) is 0 Å². The van der Waals surface area contributed by atoms with Crippen molar-refractivity contribution in [3.05, 3.63) is 48.2 Å².